The highest BCUT2D eigenvalue weighted by Gasteiger charge is 2.24. The third-order valence-electron chi connectivity index (χ3n) is 6.01. The number of hydrogen-bond acceptors (Lipinski definition) is 5. The van der Waals surface area contributed by atoms with Crippen LogP contribution < -0.4 is 9.64 Å². The second kappa shape index (κ2) is 9.73. The normalized spacial score (nSPS) is 12.9. The van der Waals surface area contributed by atoms with Gasteiger partial charge in [-0.2, -0.15) is 0 Å². The number of rotatable bonds is 6. The van der Waals surface area contributed by atoms with Crippen LogP contribution in [0.3, 0.4) is 0 Å². The summed E-state index contributed by atoms with van der Waals surface area (Å²) >= 11 is 1.41. The number of fused-ring (bicyclic) bond motifs is 1. The first kappa shape index (κ1) is 22.2. The second-order valence-electron chi connectivity index (χ2n) is 8.27. The van der Waals surface area contributed by atoms with Gasteiger partial charge in [0.2, 0.25) is 5.91 Å². The first-order chi connectivity index (χ1) is 16.6. The molecule has 0 saturated carbocycles. The molecule has 1 aliphatic heterocycles. The molecule has 0 saturated heterocycles. The second-order valence-corrected chi connectivity index (χ2v) is 9.21. The summed E-state index contributed by atoms with van der Waals surface area (Å²) in [5.41, 5.74) is 5.32. The number of thioether (sulfide) groups is 1. The molecule has 2 heterocycles. The van der Waals surface area contributed by atoms with Crippen LogP contribution in [0.2, 0.25) is 0 Å². The van der Waals surface area contributed by atoms with Crippen LogP contribution >= 0.6 is 11.8 Å². The number of methoxy groups -OCH3 is 1. The van der Waals surface area contributed by atoms with E-state index >= 15 is 0 Å². The molecule has 7 heteroatoms. The van der Waals surface area contributed by atoms with Crippen molar-refractivity contribution >= 4 is 23.4 Å². The number of carbonyl (C=O) groups excluding carboxylic acids is 1. The van der Waals surface area contributed by atoms with E-state index in [-0.39, 0.29) is 11.7 Å². The number of aromatic nitrogens is 3. The fraction of sp³-hybridized carbons (Fsp3) is 0.222. The van der Waals surface area contributed by atoms with Crippen molar-refractivity contribution in [3.8, 4) is 22.8 Å². The van der Waals surface area contributed by atoms with Gasteiger partial charge >= 0.3 is 0 Å². The Morgan fingerprint density at radius 1 is 1.00 bits per heavy atom. The van der Waals surface area contributed by atoms with Crippen molar-refractivity contribution in [2.75, 3.05) is 24.3 Å². The molecule has 0 bridgehead atoms. The molecule has 0 fully saturated rings. The molecule has 6 nitrogen and oxygen atoms in total. The van der Waals surface area contributed by atoms with Gasteiger partial charge in [0.05, 0.1) is 12.9 Å². The van der Waals surface area contributed by atoms with Crippen LogP contribution in [0.5, 0.6) is 5.75 Å². The molecule has 0 unspecified atom stereocenters. The van der Waals surface area contributed by atoms with Gasteiger partial charge in [-0.25, -0.2) is 0 Å². The van der Waals surface area contributed by atoms with Crippen molar-refractivity contribution in [1.29, 1.82) is 0 Å². The molecule has 5 rings (SSSR count). The van der Waals surface area contributed by atoms with Crippen LogP contribution in [0, 0.1) is 6.92 Å². The molecule has 0 radical (unpaired) electrons. The van der Waals surface area contributed by atoms with Crippen molar-refractivity contribution in [3.05, 3.63) is 83.9 Å². The molecule has 0 spiro atoms. The molecule has 4 aromatic rings. The molecule has 1 amide bonds. The summed E-state index contributed by atoms with van der Waals surface area (Å²) in [6.07, 6.45) is 1.99. The lowest BCUT2D eigenvalue weighted by atomic mass is 10.0. The molecule has 1 aromatic heterocycles. The molecule has 1 aliphatic rings. The zero-order valence-electron chi connectivity index (χ0n) is 19.3. The monoisotopic (exact) mass is 470 g/mol. The predicted octanol–water partition coefficient (Wildman–Crippen LogP) is 5.32. The third kappa shape index (κ3) is 4.43. The Labute approximate surface area is 203 Å². The highest BCUT2D eigenvalue weighted by Crippen LogP contribution is 2.31. The number of amides is 1. The van der Waals surface area contributed by atoms with E-state index in [1.165, 1.54) is 22.9 Å². The van der Waals surface area contributed by atoms with E-state index in [0.29, 0.717) is 5.16 Å². The first-order valence-corrected chi connectivity index (χ1v) is 12.3. The fourth-order valence-electron chi connectivity index (χ4n) is 4.21. The van der Waals surface area contributed by atoms with Crippen LogP contribution in [0.25, 0.3) is 17.1 Å². The number of nitrogens with zero attached hydrogens (tertiary/aromatic N) is 4. The number of aryl methyl sites for hydroxylation is 2. The van der Waals surface area contributed by atoms with Crippen molar-refractivity contribution in [2.45, 2.75) is 24.9 Å². The van der Waals surface area contributed by atoms with Crippen molar-refractivity contribution < 1.29 is 9.53 Å². The summed E-state index contributed by atoms with van der Waals surface area (Å²) in [6, 6.07) is 24.2. The Morgan fingerprint density at radius 2 is 1.76 bits per heavy atom. The standard InChI is InChI=1S/C27H26N4O2S/c1-19-9-11-21(12-10-19)26-28-29-27(31(26)22-13-15-23(33-2)16-14-22)34-18-25(32)30-17-5-7-20-6-3-4-8-24(20)30/h3-4,6,8-16H,5,7,17-18H2,1-2H3. The highest BCUT2D eigenvalue weighted by atomic mass is 32.2. The van der Waals surface area contributed by atoms with Crippen LogP contribution in [0.1, 0.15) is 17.5 Å². The molecule has 3 aromatic carbocycles. The SMILES string of the molecule is COc1ccc(-n2c(SCC(=O)N3CCCc4ccccc43)nnc2-c2ccc(C)cc2)cc1. The summed E-state index contributed by atoms with van der Waals surface area (Å²) in [6.45, 7) is 2.81. The Kier molecular flexibility index (Phi) is 6.36. The van der Waals surface area contributed by atoms with Crippen LogP contribution in [-0.4, -0.2) is 40.1 Å². The van der Waals surface area contributed by atoms with Gasteiger partial charge in [-0.3, -0.25) is 9.36 Å². The van der Waals surface area contributed by atoms with Gasteiger partial charge in [-0.05, 0) is 55.7 Å². The highest BCUT2D eigenvalue weighted by molar-refractivity contribution is 7.99. The summed E-state index contributed by atoms with van der Waals surface area (Å²) in [4.78, 5) is 15.1. The predicted molar refractivity (Wildman–Crippen MR) is 136 cm³/mol. The van der Waals surface area contributed by atoms with E-state index in [0.717, 1.165) is 47.9 Å². The minimum absolute atomic E-state index is 0.0818. The average Bonchev–Trinajstić information content (AvgIpc) is 3.31. The first-order valence-electron chi connectivity index (χ1n) is 11.3. The Morgan fingerprint density at radius 3 is 2.53 bits per heavy atom. The van der Waals surface area contributed by atoms with E-state index in [4.69, 9.17) is 4.74 Å². The van der Waals surface area contributed by atoms with Crippen LogP contribution in [0.15, 0.2) is 78.0 Å². The Hall–Kier alpha value is -3.58. The number of anilines is 1. The number of carbonyl (C=O) groups is 1. The minimum Gasteiger partial charge on any atom is -0.497 e. The van der Waals surface area contributed by atoms with E-state index < -0.39 is 0 Å². The smallest absolute Gasteiger partial charge is 0.237 e. The number of ether oxygens (including phenoxy) is 1. The van der Waals surface area contributed by atoms with Crippen LogP contribution in [-0.2, 0) is 11.2 Å². The zero-order chi connectivity index (χ0) is 23.5. The van der Waals surface area contributed by atoms with Gasteiger partial charge in [0.25, 0.3) is 0 Å². The molecule has 34 heavy (non-hydrogen) atoms. The lowest BCUT2D eigenvalue weighted by molar-refractivity contribution is -0.116. The maximum atomic E-state index is 13.2. The molecule has 0 aliphatic carbocycles. The average molecular weight is 471 g/mol. The van der Waals surface area contributed by atoms with Gasteiger partial charge in [-0.1, -0.05) is 59.8 Å². The summed E-state index contributed by atoms with van der Waals surface area (Å²) in [5.74, 6) is 1.89. The maximum absolute atomic E-state index is 13.2. The van der Waals surface area contributed by atoms with E-state index in [1.54, 1.807) is 7.11 Å². The van der Waals surface area contributed by atoms with Gasteiger partial charge < -0.3 is 9.64 Å². The van der Waals surface area contributed by atoms with E-state index in [1.807, 2.05) is 64.1 Å². The van der Waals surface area contributed by atoms with Gasteiger partial charge in [0.15, 0.2) is 11.0 Å². The Bertz CT molecular complexity index is 1300. The molecule has 172 valence electrons. The molecular formula is C27H26N4O2S. The quantitative estimate of drug-likeness (QED) is 0.357. The third-order valence-corrected chi connectivity index (χ3v) is 6.92. The van der Waals surface area contributed by atoms with Crippen molar-refractivity contribution in [2.24, 2.45) is 0 Å². The zero-order valence-corrected chi connectivity index (χ0v) is 20.1. The summed E-state index contributed by atoms with van der Waals surface area (Å²) in [7, 11) is 1.65. The van der Waals surface area contributed by atoms with Gasteiger partial charge in [-0.15, -0.1) is 10.2 Å². The van der Waals surface area contributed by atoms with Crippen molar-refractivity contribution in [3.63, 3.8) is 0 Å². The Balaban J connectivity index is 1.44. The number of para-hydroxylation sites is 1. The fourth-order valence-corrected chi connectivity index (χ4v) is 5.04. The number of benzene rings is 3. The lowest BCUT2D eigenvalue weighted by Gasteiger charge is -2.29. The summed E-state index contributed by atoms with van der Waals surface area (Å²) < 4.78 is 7.33. The van der Waals surface area contributed by atoms with Gasteiger partial charge in [0.1, 0.15) is 5.75 Å². The molecule has 0 N–H and O–H groups in total. The number of hydrogen-bond donors (Lipinski definition) is 0. The van der Waals surface area contributed by atoms with E-state index in [2.05, 4.69) is 35.3 Å². The van der Waals surface area contributed by atoms with E-state index in [9.17, 15) is 4.79 Å². The van der Waals surface area contributed by atoms with Crippen molar-refractivity contribution in [1.82, 2.24) is 14.8 Å². The van der Waals surface area contributed by atoms with Gasteiger partial charge in [0, 0.05) is 23.5 Å². The van der Waals surface area contributed by atoms with Crippen LogP contribution in [0.4, 0.5) is 5.69 Å². The molecular weight excluding hydrogens is 444 g/mol. The summed E-state index contributed by atoms with van der Waals surface area (Å²) in [5, 5.41) is 9.65. The lowest BCUT2D eigenvalue weighted by Crippen LogP contribution is -2.36. The minimum atomic E-state index is 0.0818. The topological polar surface area (TPSA) is 60.2 Å². The molecule has 0 atom stereocenters. The largest absolute Gasteiger partial charge is 0.497 e. The maximum Gasteiger partial charge on any atom is 0.237 e.